The molecule has 1 aromatic rings. The minimum absolute atomic E-state index is 0.699. The van der Waals surface area contributed by atoms with E-state index in [-0.39, 0.29) is 0 Å². The van der Waals surface area contributed by atoms with Crippen molar-refractivity contribution in [2.75, 3.05) is 18.0 Å². The van der Waals surface area contributed by atoms with Crippen LogP contribution >= 0.6 is 0 Å². The van der Waals surface area contributed by atoms with Crippen LogP contribution in [0.15, 0.2) is 18.2 Å². The Morgan fingerprint density at radius 2 is 2.06 bits per heavy atom. The normalized spacial score (nSPS) is 24.8. The molecule has 2 heteroatoms. The fourth-order valence-electron chi connectivity index (χ4n) is 2.54. The Labute approximate surface area is 104 Å². The van der Waals surface area contributed by atoms with Gasteiger partial charge in [-0.25, -0.2) is 0 Å². The van der Waals surface area contributed by atoms with Crippen LogP contribution in [0.25, 0.3) is 0 Å². The Morgan fingerprint density at radius 3 is 2.71 bits per heavy atom. The molecule has 92 valence electrons. The van der Waals surface area contributed by atoms with Gasteiger partial charge in [0.05, 0.1) is 0 Å². The molecule has 1 aliphatic rings. The van der Waals surface area contributed by atoms with Crippen molar-refractivity contribution in [3.63, 3.8) is 0 Å². The van der Waals surface area contributed by atoms with Crippen LogP contribution in [-0.2, 0) is 0 Å². The molecule has 0 amide bonds. The van der Waals surface area contributed by atoms with Gasteiger partial charge in [0.1, 0.15) is 0 Å². The van der Waals surface area contributed by atoms with Crippen LogP contribution in [0.4, 0.5) is 5.69 Å². The van der Waals surface area contributed by atoms with E-state index in [1.807, 2.05) is 13.0 Å². The highest BCUT2D eigenvalue weighted by atomic mass is 16.1. The third-order valence-electron chi connectivity index (χ3n) is 3.98. The molecule has 2 atom stereocenters. The zero-order valence-corrected chi connectivity index (χ0v) is 10.9. The average molecular weight is 231 g/mol. The fraction of sp³-hybridized carbons (Fsp3) is 0.533. The van der Waals surface area contributed by atoms with E-state index in [1.54, 1.807) is 0 Å². The minimum Gasteiger partial charge on any atom is -0.371 e. The van der Waals surface area contributed by atoms with Crippen molar-refractivity contribution in [1.82, 2.24) is 0 Å². The number of nitrogens with zero attached hydrogens (tertiary/aromatic N) is 1. The predicted molar refractivity (Wildman–Crippen MR) is 71.7 cm³/mol. The van der Waals surface area contributed by atoms with Crippen LogP contribution < -0.4 is 4.90 Å². The molecule has 1 saturated heterocycles. The van der Waals surface area contributed by atoms with Gasteiger partial charge in [-0.3, -0.25) is 4.79 Å². The molecule has 0 spiro atoms. The lowest BCUT2D eigenvalue weighted by Crippen LogP contribution is -2.38. The molecule has 0 N–H and O–H groups in total. The Balaban J connectivity index is 2.25. The third-order valence-corrected chi connectivity index (χ3v) is 3.98. The van der Waals surface area contributed by atoms with Crippen molar-refractivity contribution < 1.29 is 4.79 Å². The van der Waals surface area contributed by atoms with Crippen LogP contribution in [-0.4, -0.2) is 19.4 Å². The van der Waals surface area contributed by atoms with Gasteiger partial charge in [0.15, 0.2) is 6.29 Å². The molecule has 2 nitrogen and oxygen atoms in total. The second kappa shape index (κ2) is 4.91. The van der Waals surface area contributed by atoms with Crippen LogP contribution in [0.2, 0.25) is 0 Å². The molecular weight excluding hydrogens is 210 g/mol. The molecular formula is C15H21NO. The number of aryl methyl sites for hydroxylation is 1. The van der Waals surface area contributed by atoms with Gasteiger partial charge in [-0.1, -0.05) is 25.5 Å². The van der Waals surface area contributed by atoms with Crippen LogP contribution in [0.1, 0.15) is 36.2 Å². The van der Waals surface area contributed by atoms with E-state index in [4.69, 9.17) is 0 Å². The van der Waals surface area contributed by atoms with E-state index in [0.717, 1.165) is 42.1 Å². The van der Waals surface area contributed by atoms with Crippen molar-refractivity contribution in [2.24, 2.45) is 11.8 Å². The van der Waals surface area contributed by atoms with Gasteiger partial charge >= 0.3 is 0 Å². The minimum atomic E-state index is 0.699. The first-order valence-electron chi connectivity index (χ1n) is 6.42. The molecule has 1 fully saturated rings. The van der Waals surface area contributed by atoms with E-state index in [1.165, 1.54) is 6.42 Å². The summed E-state index contributed by atoms with van der Waals surface area (Å²) in [5.74, 6) is 1.49. The highest BCUT2D eigenvalue weighted by Crippen LogP contribution is 2.29. The number of anilines is 1. The van der Waals surface area contributed by atoms with E-state index in [2.05, 4.69) is 30.9 Å². The maximum Gasteiger partial charge on any atom is 0.152 e. The lowest BCUT2D eigenvalue weighted by molar-refractivity contribution is 0.112. The van der Waals surface area contributed by atoms with E-state index in [0.29, 0.717) is 5.92 Å². The maximum atomic E-state index is 11.1. The number of aldehydes is 1. The molecule has 0 saturated carbocycles. The molecule has 0 bridgehead atoms. The van der Waals surface area contributed by atoms with E-state index < -0.39 is 0 Å². The van der Waals surface area contributed by atoms with Gasteiger partial charge < -0.3 is 4.90 Å². The van der Waals surface area contributed by atoms with Crippen LogP contribution in [0.5, 0.6) is 0 Å². The number of carbonyl (C=O) groups is 1. The summed E-state index contributed by atoms with van der Waals surface area (Å²) in [6.07, 6.45) is 2.19. The molecule has 2 unspecified atom stereocenters. The molecule has 0 aliphatic carbocycles. The standard InChI is InChI=1S/C15H21NO/c1-11-4-5-15(14(8-11)10-17)16-7-6-12(2)13(3)9-16/h4-5,8,10,12-13H,6-7,9H2,1-3H3. The summed E-state index contributed by atoms with van der Waals surface area (Å²) in [6.45, 7) is 8.77. The molecule has 1 heterocycles. The van der Waals surface area contributed by atoms with Crippen molar-refractivity contribution >= 4 is 12.0 Å². The Bertz CT molecular complexity index is 413. The first-order valence-corrected chi connectivity index (χ1v) is 6.42. The van der Waals surface area contributed by atoms with Gasteiger partial charge in [0, 0.05) is 24.3 Å². The largest absolute Gasteiger partial charge is 0.371 e. The quantitative estimate of drug-likeness (QED) is 0.728. The fourth-order valence-corrected chi connectivity index (χ4v) is 2.54. The molecule has 2 rings (SSSR count). The van der Waals surface area contributed by atoms with Crippen molar-refractivity contribution in [1.29, 1.82) is 0 Å². The molecule has 17 heavy (non-hydrogen) atoms. The number of carbonyl (C=O) groups excluding carboxylic acids is 1. The average Bonchev–Trinajstić information content (AvgIpc) is 2.32. The predicted octanol–water partition coefficient (Wildman–Crippen LogP) is 3.29. The summed E-state index contributed by atoms with van der Waals surface area (Å²) in [4.78, 5) is 13.5. The summed E-state index contributed by atoms with van der Waals surface area (Å²) < 4.78 is 0. The number of rotatable bonds is 2. The van der Waals surface area contributed by atoms with Gasteiger partial charge in [0.2, 0.25) is 0 Å². The molecule has 0 radical (unpaired) electrons. The van der Waals surface area contributed by atoms with Crippen LogP contribution in [0.3, 0.4) is 0 Å². The first kappa shape index (κ1) is 12.2. The zero-order chi connectivity index (χ0) is 12.4. The summed E-state index contributed by atoms with van der Waals surface area (Å²) >= 11 is 0. The lowest BCUT2D eigenvalue weighted by Gasteiger charge is -2.37. The summed E-state index contributed by atoms with van der Waals surface area (Å²) in [6, 6.07) is 6.15. The summed E-state index contributed by atoms with van der Waals surface area (Å²) in [7, 11) is 0. The van der Waals surface area contributed by atoms with E-state index in [9.17, 15) is 4.79 Å². The number of piperidine rings is 1. The number of benzene rings is 1. The smallest absolute Gasteiger partial charge is 0.152 e. The lowest BCUT2D eigenvalue weighted by atomic mass is 9.88. The topological polar surface area (TPSA) is 20.3 Å². The van der Waals surface area contributed by atoms with Crippen molar-refractivity contribution in [3.05, 3.63) is 29.3 Å². The van der Waals surface area contributed by atoms with Gasteiger partial charge in [0.25, 0.3) is 0 Å². The summed E-state index contributed by atoms with van der Waals surface area (Å²) in [5, 5.41) is 0. The SMILES string of the molecule is Cc1ccc(N2CCC(C)C(C)C2)c(C=O)c1. The third kappa shape index (κ3) is 2.51. The second-order valence-corrected chi connectivity index (χ2v) is 5.37. The van der Waals surface area contributed by atoms with Crippen molar-refractivity contribution in [3.8, 4) is 0 Å². The first-order chi connectivity index (χ1) is 8.11. The maximum absolute atomic E-state index is 11.1. The highest BCUT2D eigenvalue weighted by Gasteiger charge is 2.23. The Hall–Kier alpha value is -1.31. The second-order valence-electron chi connectivity index (χ2n) is 5.37. The van der Waals surface area contributed by atoms with Gasteiger partial charge in [-0.15, -0.1) is 0 Å². The Morgan fingerprint density at radius 1 is 1.29 bits per heavy atom. The Kier molecular flexibility index (Phi) is 3.51. The number of hydrogen-bond donors (Lipinski definition) is 0. The molecule has 0 aromatic heterocycles. The molecule has 1 aliphatic heterocycles. The monoisotopic (exact) mass is 231 g/mol. The van der Waals surface area contributed by atoms with Gasteiger partial charge in [-0.05, 0) is 37.3 Å². The molecule has 1 aromatic carbocycles. The van der Waals surface area contributed by atoms with E-state index >= 15 is 0 Å². The number of hydrogen-bond acceptors (Lipinski definition) is 2. The van der Waals surface area contributed by atoms with Crippen LogP contribution in [0, 0.1) is 18.8 Å². The highest BCUT2D eigenvalue weighted by molar-refractivity contribution is 5.85. The van der Waals surface area contributed by atoms with Crippen molar-refractivity contribution in [2.45, 2.75) is 27.2 Å². The van der Waals surface area contributed by atoms with Gasteiger partial charge in [-0.2, -0.15) is 0 Å². The summed E-state index contributed by atoms with van der Waals surface area (Å²) in [5.41, 5.74) is 3.07. The zero-order valence-electron chi connectivity index (χ0n) is 10.9.